The van der Waals surface area contributed by atoms with Crippen molar-refractivity contribution in [2.75, 3.05) is 0 Å². The number of rotatable bonds is 2. The lowest BCUT2D eigenvalue weighted by Gasteiger charge is -2.07. The summed E-state index contributed by atoms with van der Waals surface area (Å²) in [6.45, 7) is 3.75. The highest BCUT2D eigenvalue weighted by Crippen LogP contribution is 2.26. The Morgan fingerprint density at radius 3 is 2.48 bits per heavy atom. The zero-order valence-electron chi connectivity index (χ0n) is 11.5. The van der Waals surface area contributed by atoms with Crippen LogP contribution in [-0.2, 0) is 10.0 Å². The van der Waals surface area contributed by atoms with Gasteiger partial charge in [-0.3, -0.25) is 0 Å². The van der Waals surface area contributed by atoms with Gasteiger partial charge in [-0.05, 0) is 37.6 Å². The van der Waals surface area contributed by atoms with E-state index >= 15 is 0 Å². The number of aromatic nitrogens is 2. The smallest absolute Gasteiger partial charge is 0.236 e. The number of benzene rings is 1. The summed E-state index contributed by atoms with van der Waals surface area (Å²) in [5.41, 5.74) is 2.21. The Hall–Kier alpha value is -1.85. The van der Waals surface area contributed by atoms with Crippen LogP contribution in [0.25, 0.3) is 11.0 Å². The number of hydrogen-bond acceptors (Lipinski definition) is 3. The predicted molar refractivity (Wildman–Crippen MR) is 83.2 cm³/mol. The summed E-state index contributed by atoms with van der Waals surface area (Å²) in [5, 5.41) is 1.22. The first kappa shape index (κ1) is 14.1. The summed E-state index contributed by atoms with van der Waals surface area (Å²) < 4.78 is 26.7. The summed E-state index contributed by atoms with van der Waals surface area (Å²) in [6, 6.07) is 8.47. The molecule has 0 bridgehead atoms. The molecule has 108 valence electrons. The van der Waals surface area contributed by atoms with E-state index in [0.717, 1.165) is 16.5 Å². The van der Waals surface area contributed by atoms with Gasteiger partial charge in [0.1, 0.15) is 0 Å². The van der Waals surface area contributed by atoms with E-state index in [9.17, 15) is 8.42 Å². The number of fused-ring (bicyclic) bond motifs is 1. The van der Waals surface area contributed by atoms with Crippen molar-refractivity contribution in [1.29, 1.82) is 0 Å². The van der Waals surface area contributed by atoms with Gasteiger partial charge in [0.05, 0.1) is 9.92 Å². The van der Waals surface area contributed by atoms with Crippen LogP contribution >= 0.6 is 11.6 Å². The fraction of sp³-hybridized carbons (Fsp3) is 0.133. The second-order valence-electron chi connectivity index (χ2n) is 4.95. The van der Waals surface area contributed by atoms with Crippen molar-refractivity contribution in [3.63, 3.8) is 0 Å². The molecule has 0 fully saturated rings. The molecule has 4 nitrogen and oxygen atoms in total. The second kappa shape index (κ2) is 4.86. The van der Waals surface area contributed by atoms with Gasteiger partial charge < -0.3 is 0 Å². The van der Waals surface area contributed by atoms with Crippen LogP contribution in [0.1, 0.15) is 11.1 Å². The Morgan fingerprint density at radius 2 is 1.81 bits per heavy atom. The van der Waals surface area contributed by atoms with E-state index in [0.29, 0.717) is 10.7 Å². The first-order chi connectivity index (χ1) is 9.89. The highest BCUT2D eigenvalue weighted by atomic mass is 35.5. The molecule has 0 amide bonds. The van der Waals surface area contributed by atoms with Crippen LogP contribution in [0.5, 0.6) is 0 Å². The van der Waals surface area contributed by atoms with Gasteiger partial charge in [-0.2, -0.15) is 0 Å². The van der Waals surface area contributed by atoms with Gasteiger partial charge in [-0.25, -0.2) is 17.4 Å². The summed E-state index contributed by atoms with van der Waals surface area (Å²) >= 11 is 5.93. The van der Waals surface area contributed by atoms with Gasteiger partial charge in [0.2, 0.25) is 0 Å². The first-order valence-corrected chi connectivity index (χ1v) is 8.17. The van der Waals surface area contributed by atoms with Crippen molar-refractivity contribution in [1.82, 2.24) is 8.96 Å². The Morgan fingerprint density at radius 1 is 1.14 bits per heavy atom. The topological polar surface area (TPSA) is 52.0 Å². The van der Waals surface area contributed by atoms with Gasteiger partial charge in [0.15, 0.2) is 5.65 Å². The van der Waals surface area contributed by atoms with Crippen molar-refractivity contribution in [2.45, 2.75) is 18.7 Å². The van der Waals surface area contributed by atoms with Crippen molar-refractivity contribution in [2.24, 2.45) is 0 Å². The van der Waals surface area contributed by atoms with Crippen LogP contribution < -0.4 is 0 Å². The summed E-state index contributed by atoms with van der Waals surface area (Å²) in [4.78, 5) is 4.40. The van der Waals surface area contributed by atoms with Crippen molar-refractivity contribution in [3.05, 3.63) is 58.9 Å². The minimum atomic E-state index is -3.66. The quantitative estimate of drug-likeness (QED) is 0.725. The molecule has 2 heterocycles. The Bertz CT molecular complexity index is 928. The number of aryl methyl sites for hydroxylation is 2. The molecule has 1 aromatic carbocycles. The first-order valence-electron chi connectivity index (χ1n) is 6.35. The van der Waals surface area contributed by atoms with E-state index in [2.05, 4.69) is 4.98 Å². The Balaban J connectivity index is 2.26. The minimum absolute atomic E-state index is 0.238. The third kappa shape index (κ3) is 2.32. The Labute approximate surface area is 128 Å². The fourth-order valence-electron chi connectivity index (χ4n) is 2.21. The molecule has 3 aromatic rings. The van der Waals surface area contributed by atoms with Gasteiger partial charge in [0.25, 0.3) is 10.0 Å². The number of nitrogens with zero attached hydrogens (tertiary/aromatic N) is 2. The lowest BCUT2D eigenvalue weighted by Crippen LogP contribution is -2.12. The molecular formula is C15H13ClN2O2S. The van der Waals surface area contributed by atoms with E-state index in [4.69, 9.17) is 11.6 Å². The SMILES string of the molecule is Cc1ccc(S(=O)(=O)n2cc(C)c3cc(Cl)cnc32)cc1. The molecule has 0 aliphatic carbocycles. The highest BCUT2D eigenvalue weighted by molar-refractivity contribution is 7.90. The molecule has 0 unspecified atom stereocenters. The van der Waals surface area contributed by atoms with Crippen LogP contribution in [0, 0.1) is 13.8 Å². The van der Waals surface area contributed by atoms with Crippen LogP contribution in [0.3, 0.4) is 0 Å². The molecule has 0 N–H and O–H groups in total. The van der Waals surface area contributed by atoms with Gasteiger partial charge in [-0.15, -0.1) is 0 Å². The van der Waals surface area contributed by atoms with Gasteiger partial charge in [-0.1, -0.05) is 29.3 Å². The highest BCUT2D eigenvalue weighted by Gasteiger charge is 2.21. The average Bonchev–Trinajstić information content (AvgIpc) is 2.77. The maximum absolute atomic E-state index is 12.7. The lowest BCUT2D eigenvalue weighted by atomic mass is 10.2. The molecule has 21 heavy (non-hydrogen) atoms. The minimum Gasteiger partial charge on any atom is -0.236 e. The van der Waals surface area contributed by atoms with Crippen molar-refractivity contribution >= 4 is 32.7 Å². The molecule has 0 saturated heterocycles. The zero-order valence-corrected chi connectivity index (χ0v) is 13.1. The van der Waals surface area contributed by atoms with Crippen molar-refractivity contribution in [3.8, 4) is 0 Å². The predicted octanol–water partition coefficient (Wildman–Crippen LogP) is 3.54. The lowest BCUT2D eigenvalue weighted by molar-refractivity contribution is 0.588. The number of pyridine rings is 1. The van der Waals surface area contributed by atoms with Crippen LogP contribution in [-0.4, -0.2) is 17.4 Å². The molecule has 0 aliphatic rings. The van der Waals surface area contributed by atoms with E-state index in [1.807, 2.05) is 13.8 Å². The fourth-order valence-corrected chi connectivity index (χ4v) is 3.75. The number of halogens is 1. The largest absolute Gasteiger partial charge is 0.269 e. The monoisotopic (exact) mass is 320 g/mol. The molecule has 0 radical (unpaired) electrons. The molecular weight excluding hydrogens is 308 g/mol. The van der Waals surface area contributed by atoms with Crippen molar-refractivity contribution < 1.29 is 8.42 Å². The average molecular weight is 321 g/mol. The molecule has 0 saturated carbocycles. The third-order valence-corrected chi connectivity index (χ3v) is 5.23. The second-order valence-corrected chi connectivity index (χ2v) is 7.20. The molecule has 2 aromatic heterocycles. The summed E-state index contributed by atoms with van der Waals surface area (Å²) in [5.74, 6) is 0. The van der Waals surface area contributed by atoms with E-state index < -0.39 is 10.0 Å². The summed E-state index contributed by atoms with van der Waals surface area (Å²) in [7, 11) is -3.66. The van der Waals surface area contributed by atoms with Crippen LogP contribution in [0.2, 0.25) is 5.02 Å². The third-order valence-electron chi connectivity index (χ3n) is 3.36. The molecule has 6 heteroatoms. The number of hydrogen-bond donors (Lipinski definition) is 0. The van der Waals surface area contributed by atoms with E-state index in [-0.39, 0.29) is 4.90 Å². The van der Waals surface area contributed by atoms with Gasteiger partial charge in [0, 0.05) is 17.8 Å². The van der Waals surface area contributed by atoms with E-state index in [1.165, 1.54) is 10.2 Å². The van der Waals surface area contributed by atoms with Crippen LogP contribution in [0.15, 0.2) is 47.6 Å². The standard InChI is InChI=1S/C15H13ClN2O2S/c1-10-3-5-13(6-4-10)21(19,20)18-9-11(2)14-7-12(16)8-17-15(14)18/h3-9H,1-2H3. The summed E-state index contributed by atoms with van der Waals surface area (Å²) in [6.07, 6.45) is 3.02. The normalized spacial score (nSPS) is 12.0. The molecule has 0 aliphatic heterocycles. The Kier molecular flexibility index (Phi) is 3.26. The van der Waals surface area contributed by atoms with Gasteiger partial charge >= 0.3 is 0 Å². The zero-order chi connectivity index (χ0) is 15.2. The maximum Gasteiger partial charge on any atom is 0.269 e. The van der Waals surface area contributed by atoms with Crippen LogP contribution in [0.4, 0.5) is 0 Å². The molecule has 3 rings (SSSR count). The van der Waals surface area contributed by atoms with E-state index in [1.54, 1.807) is 36.5 Å². The molecule has 0 atom stereocenters. The molecule has 0 spiro atoms. The maximum atomic E-state index is 12.7.